The first-order chi connectivity index (χ1) is 10.5. The number of carbonyl (C=O) groups is 2. The summed E-state index contributed by atoms with van der Waals surface area (Å²) in [4.78, 5) is 29.0. The number of rotatable bonds is 6. The van der Waals surface area contributed by atoms with Crippen LogP contribution in [0.15, 0.2) is 0 Å². The normalized spacial score (nSPS) is 24.2. The molecule has 126 valence electrons. The van der Waals surface area contributed by atoms with Crippen LogP contribution >= 0.6 is 0 Å². The van der Waals surface area contributed by atoms with Crippen LogP contribution in [0.5, 0.6) is 0 Å². The highest BCUT2D eigenvalue weighted by Gasteiger charge is 2.36. The van der Waals surface area contributed by atoms with Crippen LogP contribution in [0.4, 0.5) is 0 Å². The first-order valence-electron chi connectivity index (χ1n) is 8.60. The molecule has 2 heterocycles. The summed E-state index contributed by atoms with van der Waals surface area (Å²) in [7, 11) is 1.71. The van der Waals surface area contributed by atoms with Crippen LogP contribution in [-0.4, -0.2) is 61.0 Å². The third-order valence-corrected chi connectivity index (χ3v) is 4.72. The Morgan fingerprint density at radius 1 is 1.32 bits per heavy atom. The zero-order valence-electron chi connectivity index (χ0n) is 14.2. The Kier molecular flexibility index (Phi) is 6.24. The van der Waals surface area contributed by atoms with E-state index in [4.69, 9.17) is 4.74 Å². The van der Waals surface area contributed by atoms with Gasteiger partial charge in [-0.05, 0) is 31.6 Å². The van der Waals surface area contributed by atoms with Crippen molar-refractivity contribution in [3.8, 4) is 0 Å². The highest BCUT2D eigenvalue weighted by molar-refractivity contribution is 5.88. The van der Waals surface area contributed by atoms with Gasteiger partial charge in [-0.2, -0.15) is 0 Å². The average Bonchev–Trinajstić information content (AvgIpc) is 2.94. The molecule has 2 atom stereocenters. The summed E-state index contributed by atoms with van der Waals surface area (Å²) < 4.78 is 5.21. The quantitative estimate of drug-likeness (QED) is 0.753. The molecule has 0 aromatic carbocycles. The fourth-order valence-electron chi connectivity index (χ4n) is 3.58. The highest BCUT2D eigenvalue weighted by atomic mass is 16.5. The predicted molar refractivity (Wildman–Crippen MR) is 85.4 cm³/mol. The Bertz CT molecular complexity index is 397. The van der Waals surface area contributed by atoms with Gasteiger partial charge in [0.1, 0.15) is 6.04 Å². The van der Waals surface area contributed by atoms with E-state index in [0.29, 0.717) is 24.9 Å². The van der Waals surface area contributed by atoms with Crippen molar-refractivity contribution in [2.24, 2.45) is 11.8 Å². The first kappa shape index (κ1) is 17.3. The second-order valence-electron chi connectivity index (χ2n) is 7.08. The standard InChI is InChI=1S/C17H30N2O3/c1-13(2)10-15(19-8-5-4-6-16(19)20)17(21)18-9-7-14(11-18)12-22-3/h13-15H,4-12H2,1-3H3/t14-,15-/m1/s1. The number of hydrogen-bond acceptors (Lipinski definition) is 3. The molecule has 2 aliphatic heterocycles. The van der Waals surface area contributed by atoms with Crippen molar-refractivity contribution in [3.63, 3.8) is 0 Å². The Balaban J connectivity index is 2.04. The summed E-state index contributed by atoms with van der Waals surface area (Å²) in [6.45, 7) is 7.24. The predicted octanol–water partition coefficient (Wildman–Crippen LogP) is 1.91. The van der Waals surface area contributed by atoms with Gasteiger partial charge in [0.25, 0.3) is 0 Å². The van der Waals surface area contributed by atoms with E-state index in [9.17, 15) is 9.59 Å². The van der Waals surface area contributed by atoms with E-state index in [1.54, 1.807) is 7.11 Å². The molecular weight excluding hydrogens is 280 g/mol. The Labute approximate surface area is 134 Å². The van der Waals surface area contributed by atoms with Crippen molar-refractivity contribution in [1.29, 1.82) is 0 Å². The third kappa shape index (κ3) is 4.22. The third-order valence-electron chi connectivity index (χ3n) is 4.72. The molecule has 5 nitrogen and oxygen atoms in total. The largest absolute Gasteiger partial charge is 0.384 e. The van der Waals surface area contributed by atoms with Crippen molar-refractivity contribution in [2.75, 3.05) is 33.4 Å². The van der Waals surface area contributed by atoms with Gasteiger partial charge in [0.15, 0.2) is 0 Å². The van der Waals surface area contributed by atoms with Crippen LogP contribution in [0.2, 0.25) is 0 Å². The molecule has 0 N–H and O–H groups in total. The van der Waals surface area contributed by atoms with E-state index in [1.807, 2.05) is 9.80 Å². The number of hydrogen-bond donors (Lipinski definition) is 0. The first-order valence-corrected chi connectivity index (χ1v) is 8.60. The molecule has 0 aromatic heterocycles. The van der Waals surface area contributed by atoms with Gasteiger partial charge in [-0.15, -0.1) is 0 Å². The molecule has 0 aromatic rings. The lowest BCUT2D eigenvalue weighted by Crippen LogP contribution is -2.52. The van der Waals surface area contributed by atoms with Gasteiger partial charge in [0.2, 0.25) is 11.8 Å². The van der Waals surface area contributed by atoms with Gasteiger partial charge in [0, 0.05) is 39.1 Å². The number of piperidine rings is 1. The monoisotopic (exact) mass is 310 g/mol. The molecule has 5 heteroatoms. The Hall–Kier alpha value is -1.10. The van der Waals surface area contributed by atoms with Crippen LogP contribution in [0.3, 0.4) is 0 Å². The summed E-state index contributed by atoms with van der Waals surface area (Å²) in [5.41, 5.74) is 0. The zero-order chi connectivity index (χ0) is 16.1. The molecule has 2 saturated heterocycles. The van der Waals surface area contributed by atoms with E-state index in [2.05, 4.69) is 13.8 Å². The summed E-state index contributed by atoms with van der Waals surface area (Å²) >= 11 is 0. The minimum atomic E-state index is -0.269. The Morgan fingerprint density at radius 2 is 2.09 bits per heavy atom. The molecule has 2 aliphatic rings. The van der Waals surface area contributed by atoms with Crippen LogP contribution in [-0.2, 0) is 14.3 Å². The van der Waals surface area contributed by atoms with E-state index in [1.165, 1.54) is 0 Å². The molecule has 0 aliphatic carbocycles. The van der Waals surface area contributed by atoms with E-state index >= 15 is 0 Å². The lowest BCUT2D eigenvalue weighted by molar-refractivity contribution is -0.147. The Morgan fingerprint density at radius 3 is 2.73 bits per heavy atom. The van der Waals surface area contributed by atoms with Crippen LogP contribution in [0, 0.1) is 11.8 Å². The van der Waals surface area contributed by atoms with Crippen molar-refractivity contribution >= 4 is 11.8 Å². The summed E-state index contributed by atoms with van der Waals surface area (Å²) in [6, 6.07) is -0.269. The van der Waals surface area contributed by atoms with Gasteiger partial charge in [-0.25, -0.2) is 0 Å². The van der Waals surface area contributed by atoms with Gasteiger partial charge in [0.05, 0.1) is 6.61 Å². The fraction of sp³-hybridized carbons (Fsp3) is 0.882. The maximum absolute atomic E-state index is 13.0. The molecule has 0 saturated carbocycles. The van der Waals surface area contributed by atoms with Crippen molar-refractivity contribution in [1.82, 2.24) is 9.80 Å². The summed E-state index contributed by atoms with van der Waals surface area (Å²) in [6.07, 6.45) is 4.32. The molecule has 2 rings (SSSR count). The fourth-order valence-corrected chi connectivity index (χ4v) is 3.58. The van der Waals surface area contributed by atoms with E-state index in [0.717, 1.165) is 45.3 Å². The molecule has 22 heavy (non-hydrogen) atoms. The smallest absolute Gasteiger partial charge is 0.245 e. The maximum atomic E-state index is 13.0. The van der Waals surface area contributed by atoms with Gasteiger partial charge < -0.3 is 14.5 Å². The van der Waals surface area contributed by atoms with Crippen LogP contribution < -0.4 is 0 Å². The number of carbonyl (C=O) groups excluding carboxylic acids is 2. The molecule has 0 spiro atoms. The lowest BCUT2D eigenvalue weighted by atomic mass is 9.98. The number of amides is 2. The molecule has 0 bridgehead atoms. The minimum absolute atomic E-state index is 0.141. The summed E-state index contributed by atoms with van der Waals surface area (Å²) in [5, 5.41) is 0. The topological polar surface area (TPSA) is 49.9 Å². The molecule has 0 radical (unpaired) electrons. The molecule has 0 unspecified atom stereocenters. The highest BCUT2D eigenvalue weighted by Crippen LogP contribution is 2.24. The number of likely N-dealkylation sites (tertiary alicyclic amines) is 2. The number of nitrogens with zero attached hydrogens (tertiary/aromatic N) is 2. The molecule has 2 amide bonds. The van der Waals surface area contributed by atoms with Crippen molar-refractivity contribution < 1.29 is 14.3 Å². The molecular formula is C17H30N2O3. The summed E-state index contributed by atoms with van der Waals surface area (Å²) in [5.74, 6) is 1.13. The van der Waals surface area contributed by atoms with Gasteiger partial charge in [-0.1, -0.05) is 13.8 Å². The van der Waals surface area contributed by atoms with Gasteiger partial charge >= 0.3 is 0 Å². The SMILES string of the molecule is COC[C@@H]1CCN(C(=O)[C@@H](CC(C)C)N2CCCCC2=O)C1. The number of ether oxygens (including phenoxy) is 1. The van der Waals surface area contributed by atoms with Gasteiger partial charge in [-0.3, -0.25) is 9.59 Å². The maximum Gasteiger partial charge on any atom is 0.245 e. The zero-order valence-corrected chi connectivity index (χ0v) is 14.2. The average molecular weight is 310 g/mol. The van der Waals surface area contributed by atoms with Crippen LogP contribution in [0.25, 0.3) is 0 Å². The lowest BCUT2D eigenvalue weighted by Gasteiger charge is -2.36. The second-order valence-corrected chi connectivity index (χ2v) is 7.08. The van der Waals surface area contributed by atoms with Crippen LogP contribution in [0.1, 0.15) is 46.0 Å². The van der Waals surface area contributed by atoms with E-state index < -0.39 is 0 Å². The van der Waals surface area contributed by atoms with E-state index in [-0.39, 0.29) is 17.9 Å². The minimum Gasteiger partial charge on any atom is -0.384 e. The van der Waals surface area contributed by atoms with Crippen molar-refractivity contribution in [2.45, 2.75) is 52.0 Å². The number of methoxy groups -OCH3 is 1. The second kappa shape index (κ2) is 7.95. The van der Waals surface area contributed by atoms with Crippen molar-refractivity contribution in [3.05, 3.63) is 0 Å². The molecule has 2 fully saturated rings.